The zero-order valence-electron chi connectivity index (χ0n) is 12.5. The second kappa shape index (κ2) is 7.06. The Labute approximate surface area is 129 Å². The Hall–Kier alpha value is -2.37. The molecule has 0 spiro atoms. The number of hydrogen-bond donors (Lipinski definition) is 0. The van der Waals surface area contributed by atoms with Crippen molar-refractivity contribution in [2.75, 3.05) is 13.1 Å². The Kier molecular flexibility index (Phi) is 4.68. The molecule has 0 unspecified atom stereocenters. The summed E-state index contributed by atoms with van der Waals surface area (Å²) in [7, 11) is 0. The molecule has 3 rings (SSSR count). The lowest BCUT2D eigenvalue weighted by Crippen LogP contribution is -2.30. The molecule has 22 heavy (non-hydrogen) atoms. The lowest BCUT2D eigenvalue weighted by atomic mass is 10.3. The van der Waals surface area contributed by atoms with E-state index in [1.807, 2.05) is 35.2 Å². The fourth-order valence-electron chi connectivity index (χ4n) is 2.64. The van der Waals surface area contributed by atoms with Gasteiger partial charge in [-0.3, -0.25) is 9.48 Å². The van der Waals surface area contributed by atoms with Crippen molar-refractivity contribution in [2.24, 2.45) is 0 Å². The molecule has 1 fully saturated rings. The lowest BCUT2D eigenvalue weighted by molar-refractivity contribution is -0.130. The van der Waals surface area contributed by atoms with Gasteiger partial charge in [-0.25, -0.2) is 4.98 Å². The van der Waals surface area contributed by atoms with Gasteiger partial charge in [0.1, 0.15) is 24.5 Å². The predicted molar refractivity (Wildman–Crippen MR) is 81.3 cm³/mol. The minimum absolute atomic E-state index is 0.0988. The lowest BCUT2D eigenvalue weighted by Gasteiger charge is -2.17. The number of amides is 1. The zero-order valence-corrected chi connectivity index (χ0v) is 12.5. The number of likely N-dealkylation sites (tertiary alicyclic amines) is 1. The standard InChI is InChI=1S/C16H20N4O2/c21-16(7-4-9-20-13-17-12-18-20)19-10-8-15(11-19)22-14-5-2-1-3-6-14/h1-3,5-6,12-13,15H,4,7-11H2/t15-/m1/s1. The van der Waals surface area contributed by atoms with E-state index in [1.54, 1.807) is 11.0 Å². The van der Waals surface area contributed by atoms with Crippen LogP contribution < -0.4 is 4.74 Å². The molecule has 0 saturated carbocycles. The first-order valence-electron chi connectivity index (χ1n) is 7.63. The van der Waals surface area contributed by atoms with Gasteiger partial charge in [-0.2, -0.15) is 5.10 Å². The number of aromatic nitrogens is 3. The van der Waals surface area contributed by atoms with Gasteiger partial charge in [0.05, 0.1) is 6.54 Å². The smallest absolute Gasteiger partial charge is 0.222 e. The van der Waals surface area contributed by atoms with Crippen LogP contribution in [-0.2, 0) is 11.3 Å². The minimum atomic E-state index is 0.0988. The monoisotopic (exact) mass is 300 g/mol. The molecule has 1 aromatic heterocycles. The van der Waals surface area contributed by atoms with E-state index in [2.05, 4.69) is 10.1 Å². The molecule has 1 saturated heterocycles. The molecule has 6 nitrogen and oxygen atoms in total. The highest BCUT2D eigenvalue weighted by Crippen LogP contribution is 2.18. The summed E-state index contributed by atoms with van der Waals surface area (Å²) >= 11 is 0. The third-order valence-corrected chi connectivity index (χ3v) is 3.79. The van der Waals surface area contributed by atoms with E-state index in [0.717, 1.165) is 31.7 Å². The van der Waals surface area contributed by atoms with Crippen LogP contribution in [0.2, 0.25) is 0 Å². The molecule has 1 atom stereocenters. The van der Waals surface area contributed by atoms with Crippen LogP contribution in [0.5, 0.6) is 5.75 Å². The van der Waals surface area contributed by atoms with E-state index in [4.69, 9.17) is 4.74 Å². The van der Waals surface area contributed by atoms with Crippen molar-refractivity contribution in [3.63, 3.8) is 0 Å². The summed E-state index contributed by atoms with van der Waals surface area (Å²) in [6, 6.07) is 9.77. The third kappa shape index (κ3) is 3.84. The number of aryl methyl sites for hydroxylation is 1. The Morgan fingerprint density at radius 3 is 2.95 bits per heavy atom. The Morgan fingerprint density at radius 2 is 2.18 bits per heavy atom. The summed E-state index contributed by atoms with van der Waals surface area (Å²) in [5.41, 5.74) is 0. The normalized spacial score (nSPS) is 17.6. The van der Waals surface area contributed by atoms with Gasteiger partial charge in [-0.1, -0.05) is 18.2 Å². The maximum Gasteiger partial charge on any atom is 0.222 e. The first-order valence-corrected chi connectivity index (χ1v) is 7.63. The number of carbonyl (C=O) groups excluding carboxylic acids is 1. The number of benzene rings is 1. The first-order chi connectivity index (χ1) is 10.8. The third-order valence-electron chi connectivity index (χ3n) is 3.79. The first kappa shape index (κ1) is 14.6. The summed E-state index contributed by atoms with van der Waals surface area (Å²) < 4.78 is 7.65. The predicted octanol–water partition coefficient (Wildman–Crippen LogP) is 1.74. The van der Waals surface area contributed by atoms with Crippen LogP contribution in [0.4, 0.5) is 0 Å². The van der Waals surface area contributed by atoms with Crippen LogP contribution in [0.1, 0.15) is 19.3 Å². The van der Waals surface area contributed by atoms with Crippen LogP contribution in [0.15, 0.2) is 43.0 Å². The van der Waals surface area contributed by atoms with E-state index in [9.17, 15) is 4.79 Å². The number of hydrogen-bond acceptors (Lipinski definition) is 4. The van der Waals surface area contributed by atoms with Crippen molar-refractivity contribution in [3.8, 4) is 5.75 Å². The minimum Gasteiger partial charge on any atom is -0.489 e. The molecular weight excluding hydrogens is 280 g/mol. The van der Waals surface area contributed by atoms with Gasteiger partial charge in [0.15, 0.2) is 0 Å². The van der Waals surface area contributed by atoms with E-state index >= 15 is 0 Å². The van der Waals surface area contributed by atoms with Gasteiger partial charge in [-0.15, -0.1) is 0 Å². The summed E-state index contributed by atoms with van der Waals surface area (Å²) in [4.78, 5) is 18.0. The summed E-state index contributed by atoms with van der Waals surface area (Å²) in [5, 5.41) is 4.03. The number of para-hydroxylation sites is 1. The Bertz CT molecular complexity index is 585. The summed E-state index contributed by atoms with van der Waals surface area (Å²) in [6.07, 6.45) is 5.49. The second-order valence-electron chi connectivity index (χ2n) is 5.44. The molecular formula is C16H20N4O2. The van der Waals surface area contributed by atoms with Crippen molar-refractivity contribution in [3.05, 3.63) is 43.0 Å². The maximum absolute atomic E-state index is 12.2. The number of carbonyl (C=O) groups is 1. The van der Waals surface area contributed by atoms with Gasteiger partial charge < -0.3 is 9.64 Å². The molecule has 2 aromatic rings. The molecule has 1 amide bonds. The quantitative estimate of drug-likeness (QED) is 0.815. The number of nitrogens with zero attached hydrogens (tertiary/aromatic N) is 4. The molecule has 1 aromatic carbocycles. The van der Waals surface area contributed by atoms with Crippen LogP contribution in [0.25, 0.3) is 0 Å². The van der Waals surface area contributed by atoms with Crippen molar-refractivity contribution in [1.82, 2.24) is 19.7 Å². The van der Waals surface area contributed by atoms with E-state index < -0.39 is 0 Å². The SMILES string of the molecule is O=C(CCCn1cncn1)N1CC[C@@H](Oc2ccccc2)C1. The van der Waals surface area contributed by atoms with Crippen LogP contribution in [0.3, 0.4) is 0 Å². The number of ether oxygens (including phenoxy) is 1. The molecule has 0 N–H and O–H groups in total. The molecule has 6 heteroatoms. The summed E-state index contributed by atoms with van der Waals surface area (Å²) in [5.74, 6) is 1.06. The van der Waals surface area contributed by atoms with Gasteiger partial charge in [0.25, 0.3) is 0 Å². The second-order valence-corrected chi connectivity index (χ2v) is 5.44. The van der Waals surface area contributed by atoms with Crippen molar-refractivity contribution >= 4 is 5.91 Å². The van der Waals surface area contributed by atoms with E-state index in [-0.39, 0.29) is 12.0 Å². The molecule has 0 aliphatic carbocycles. The van der Waals surface area contributed by atoms with Gasteiger partial charge in [0, 0.05) is 25.9 Å². The molecule has 0 bridgehead atoms. The van der Waals surface area contributed by atoms with E-state index in [1.165, 1.54) is 6.33 Å². The fraction of sp³-hybridized carbons (Fsp3) is 0.438. The fourth-order valence-corrected chi connectivity index (χ4v) is 2.64. The van der Waals surface area contributed by atoms with Crippen LogP contribution >= 0.6 is 0 Å². The maximum atomic E-state index is 12.2. The van der Waals surface area contributed by atoms with Crippen LogP contribution in [-0.4, -0.2) is 44.8 Å². The van der Waals surface area contributed by atoms with Crippen LogP contribution in [0, 0.1) is 0 Å². The molecule has 1 aliphatic heterocycles. The van der Waals surface area contributed by atoms with Crippen molar-refractivity contribution < 1.29 is 9.53 Å². The van der Waals surface area contributed by atoms with Crippen molar-refractivity contribution in [2.45, 2.75) is 31.9 Å². The summed E-state index contributed by atoms with van der Waals surface area (Å²) in [6.45, 7) is 2.18. The highest BCUT2D eigenvalue weighted by Gasteiger charge is 2.27. The van der Waals surface area contributed by atoms with E-state index in [0.29, 0.717) is 13.0 Å². The molecule has 116 valence electrons. The topological polar surface area (TPSA) is 60.2 Å². The van der Waals surface area contributed by atoms with Crippen molar-refractivity contribution in [1.29, 1.82) is 0 Å². The average Bonchev–Trinajstić information content (AvgIpc) is 3.20. The molecule has 1 aliphatic rings. The highest BCUT2D eigenvalue weighted by molar-refractivity contribution is 5.76. The van der Waals surface area contributed by atoms with Gasteiger partial charge in [-0.05, 0) is 18.6 Å². The zero-order chi connectivity index (χ0) is 15.2. The van der Waals surface area contributed by atoms with Gasteiger partial charge in [0.2, 0.25) is 5.91 Å². The Balaban J connectivity index is 1.41. The molecule has 2 heterocycles. The average molecular weight is 300 g/mol. The largest absolute Gasteiger partial charge is 0.489 e. The highest BCUT2D eigenvalue weighted by atomic mass is 16.5. The van der Waals surface area contributed by atoms with Gasteiger partial charge >= 0.3 is 0 Å². The Morgan fingerprint density at radius 1 is 1.32 bits per heavy atom. The molecule has 0 radical (unpaired) electrons. The number of rotatable bonds is 6.